The first-order valence-corrected chi connectivity index (χ1v) is 8.75. The van der Waals surface area contributed by atoms with Crippen LogP contribution in [0.15, 0.2) is 70.8 Å². The highest BCUT2D eigenvalue weighted by molar-refractivity contribution is 8.24. The Hall–Kier alpha value is -2.11. The second kappa shape index (κ2) is 8.50. The molecule has 0 atom stereocenters. The number of hydrogen-bond acceptors (Lipinski definition) is 5. The normalized spacial score (nSPS) is 10.7. The van der Waals surface area contributed by atoms with Gasteiger partial charge in [0.05, 0.1) is 9.95 Å². The Morgan fingerprint density at radius 1 is 1.22 bits per heavy atom. The van der Waals surface area contributed by atoms with Gasteiger partial charge in [0.25, 0.3) is 0 Å². The van der Waals surface area contributed by atoms with Crippen molar-refractivity contribution in [2.45, 2.75) is 6.92 Å². The third-order valence-electron chi connectivity index (χ3n) is 3.00. The smallest absolute Gasteiger partial charge is 0.0705 e. The summed E-state index contributed by atoms with van der Waals surface area (Å²) >= 11 is 3.01. The number of anilines is 2. The Morgan fingerprint density at radius 3 is 2.65 bits per heavy atom. The number of nitrogen functional groups attached to an aromatic ring is 1. The topological polar surface area (TPSA) is 61.9 Å². The molecule has 0 fully saturated rings. The zero-order chi connectivity index (χ0) is 16.7. The van der Waals surface area contributed by atoms with Crippen LogP contribution in [0.1, 0.15) is 18.1 Å². The maximum atomic E-state index is 8.37. The van der Waals surface area contributed by atoms with E-state index in [1.54, 1.807) is 11.8 Å². The molecule has 0 saturated heterocycles. The van der Waals surface area contributed by atoms with Crippen LogP contribution in [0.5, 0.6) is 0 Å². The zero-order valence-corrected chi connectivity index (χ0v) is 14.5. The minimum absolute atomic E-state index is 0.416. The van der Waals surface area contributed by atoms with Crippen LogP contribution < -0.4 is 10.5 Å². The van der Waals surface area contributed by atoms with Crippen molar-refractivity contribution in [1.29, 1.82) is 5.41 Å². The van der Waals surface area contributed by atoms with Gasteiger partial charge in [0.2, 0.25) is 0 Å². The van der Waals surface area contributed by atoms with Gasteiger partial charge in [-0.2, -0.15) is 0 Å². The SMILES string of the molecule is C=C(S/C=C\C)SNc1ccc(N)c(C(=N)c2ccccc2)c1. The van der Waals surface area contributed by atoms with Crippen molar-refractivity contribution in [3.63, 3.8) is 0 Å². The third kappa shape index (κ3) is 4.94. The van der Waals surface area contributed by atoms with Gasteiger partial charge in [-0.05, 0) is 42.5 Å². The van der Waals surface area contributed by atoms with Gasteiger partial charge in [0.15, 0.2) is 0 Å². The average molecular weight is 342 g/mol. The van der Waals surface area contributed by atoms with Gasteiger partial charge >= 0.3 is 0 Å². The molecule has 5 heteroatoms. The number of benzene rings is 2. The van der Waals surface area contributed by atoms with Crippen LogP contribution in [0.2, 0.25) is 0 Å². The van der Waals surface area contributed by atoms with Gasteiger partial charge < -0.3 is 10.5 Å². The highest BCUT2D eigenvalue weighted by Crippen LogP contribution is 2.30. The van der Waals surface area contributed by atoms with E-state index in [2.05, 4.69) is 11.3 Å². The maximum absolute atomic E-state index is 8.37. The lowest BCUT2D eigenvalue weighted by Gasteiger charge is -2.11. The molecule has 0 aliphatic rings. The minimum Gasteiger partial charge on any atom is -0.398 e. The lowest BCUT2D eigenvalue weighted by atomic mass is 10.0. The first-order chi connectivity index (χ1) is 11.1. The van der Waals surface area contributed by atoms with Crippen molar-refractivity contribution >= 4 is 40.8 Å². The van der Waals surface area contributed by atoms with E-state index in [4.69, 9.17) is 11.1 Å². The Morgan fingerprint density at radius 2 is 1.96 bits per heavy atom. The summed E-state index contributed by atoms with van der Waals surface area (Å²) in [7, 11) is 0. The number of hydrogen-bond donors (Lipinski definition) is 3. The van der Waals surface area contributed by atoms with Crippen molar-refractivity contribution in [3.8, 4) is 0 Å². The highest BCUT2D eigenvalue weighted by atomic mass is 32.2. The lowest BCUT2D eigenvalue weighted by molar-refractivity contribution is 1.46. The van der Waals surface area contributed by atoms with Gasteiger partial charge in [-0.3, -0.25) is 5.41 Å². The molecule has 0 radical (unpaired) electrons. The predicted octanol–water partition coefficient (Wildman–Crippen LogP) is 5.48. The highest BCUT2D eigenvalue weighted by Gasteiger charge is 2.09. The van der Waals surface area contributed by atoms with E-state index in [1.807, 2.05) is 66.9 Å². The molecule has 0 unspecified atom stereocenters. The third-order valence-corrected chi connectivity index (χ3v) is 4.78. The van der Waals surface area contributed by atoms with E-state index in [9.17, 15) is 0 Å². The van der Waals surface area contributed by atoms with E-state index < -0.39 is 0 Å². The number of allylic oxidation sites excluding steroid dienone is 1. The molecule has 0 aliphatic carbocycles. The molecule has 3 nitrogen and oxygen atoms in total. The summed E-state index contributed by atoms with van der Waals surface area (Å²) in [4.78, 5) is 0. The number of nitrogens with one attached hydrogen (secondary N) is 2. The van der Waals surface area contributed by atoms with Crippen LogP contribution in [0.25, 0.3) is 0 Å². The first-order valence-electron chi connectivity index (χ1n) is 7.05. The predicted molar refractivity (Wildman–Crippen MR) is 106 cm³/mol. The van der Waals surface area contributed by atoms with E-state index in [0.717, 1.165) is 15.5 Å². The maximum Gasteiger partial charge on any atom is 0.0705 e. The Balaban J connectivity index is 2.13. The lowest BCUT2D eigenvalue weighted by Crippen LogP contribution is -2.06. The number of nitrogens with two attached hydrogens (primary N) is 1. The van der Waals surface area contributed by atoms with Crippen LogP contribution in [0.4, 0.5) is 11.4 Å². The Labute approximate surface area is 145 Å². The van der Waals surface area contributed by atoms with Gasteiger partial charge in [0, 0.05) is 22.5 Å². The summed E-state index contributed by atoms with van der Waals surface area (Å²) < 4.78 is 4.18. The van der Waals surface area contributed by atoms with Crippen molar-refractivity contribution in [2.24, 2.45) is 0 Å². The second-order valence-corrected chi connectivity index (χ2v) is 6.87. The van der Waals surface area contributed by atoms with Crippen molar-refractivity contribution in [3.05, 3.63) is 82.0 Å². The summed E-state index contributed by atoms with van der Waals surface area (Å²) in [6.45, 7) is 5.95. The largest absolute Gasteiger partial charge is 0.398 e. The van der Waals surface area contributed by atoms with Crippen LogP contribution in [0, 0.1) is 5.41 Å². The van der Waals surface area contributed by atoms with E-state index >= 15 is 0 Å². The van der Waals surface area contributed by atoms with Crippen LogP contribution in [0.3, 0.4) is 0 Å². The van der Waals surface area contributed by atoms with Crippen molar-refractivity contribution in [1.82, 2.24) is 0 Å². The summed E-state index contributed by atoms with van der Waals surface area (Å²) in [6.07, 6.45) is 1.97. The monoisotopic (exact) mass is 341 g/mol. The second-order valence-electron chi connectivity index (χ2n) is 4.71. The molecule has 0 bridgehead atoms. The van der Waals surface area contributed by atoms with Gasteiger partial charge in [-0.15, -0.1) is 0 Å². The molecule has 0 amide bonds. The van der Waals surface area contributed by atoms with Gasteiger partial charge in [-0.1, -0.05) is 54.7 Å². The first kappa shape index (κ1) is 17.2. The van der Waals surface area contributed by atoms with Crippen molar-refractivity contribution < 1.29 is 0 Å². The average Bonchev–Trinajstić information content (AvgIpc) is 2.59. The molecule has 0 saturated carbocycles. The number of rotatable bonds is 7. The van der Waals surface area contributed by atoms with Crippen LogP contribution in [-0.2, 0) is 0 Å². The number of thioether (sulfide) groups is 1. The van der Waals surface area contributed by atoms with Gasteiger partial charge in [0.1, 0.15) is 0 Å². The fourth-order valence-electron chi connectivity index (χ4n) is 1.88. The van der Waals surface area contributed by atoms with Gasteiger partial charge in [-0.25, -0.2) is 0 Å². The molecule has 4 N–H and O–H groups in total. The van der Waals surface area contributed by atoms with E-state index in [0.29, 0.717) is 17.0 Å². The van der Waals surface area contributed by atoms with E-state index in [-0.39, 0.29) is 0 Å². The fourth-order valence-corrected chi connectivity index (χ4v) is 3.01. The quantitative estimate of drug-likeness (QED) is 0.354. The molecule has 2 aromatic carbocycles. The van der Waals surface area contributed by atoms with E-state index in [1.165, 1.54) is 11.9 Å². The summed E-state index contributed by atoms with van der Waals surface area (Å²) in [5, 5.41) is 10.4. The molecule has 118 valence electrons. The Kier molecular flexibility index (Phi) is 6.38. The Bertz CT molecular complexity index is 724. The molecular formula is C18H19N3S2. The van der Waals surface area contributed by atoms with Crippen molar-refractivity contribution in [2.75, 3.05) is 10.5 Å². The molecule has 0 heterocycles. The fraction of sp³-hybridized carbons (Fsp3) is 0.0556. The molecule has 2 rings (SSSR count). The minimum atomic E-state index is 0.416. The van der Waals surface area contributed by atoms with Crippen LogP contribution in [-0.4, -0.2) is 5.71 Å². The molecule has 0 aromatic heterocycles. The molecule has 2 aromatic rings. The molecule has 0 spiro atoms. The zero-order valence-electron chi connectivity index (χ0n) is 12.9. The molecule has 23 heavy (non-hydrogen) atoms. The summed E-state index contributed by atoms with van der Waals surface area (Å²) in [5.74, 6) is 0. The molecular weight excluding hydrogens is 322 g/mol. The summed E-state index contributed by atoms with van der Waals surface area (Å²) in [6, 6.07) is 15.2. The summed E-state index contributed by atoms with van der Waals surface area (Å²) in [5.41, 5.74) is 9.50. The molecule has 0 aliphatic heterocycles. The standard InChI is InChI=1S/C18H19N3S2/c1-3-11-22-13(2)23-21-15-9-10-17(19)16(12-15)18(20)14-7-5-4-6-8-14/h3-12,20-21H,2,19H2,1H3/b11-3-,20-18?. The van der Waals surface area contributed by atoms with Crippen LogP contribution >= 0.6 is 23.7 Å².